The van der Waals surface area contributed by atoms with E-state index in [2.05, 4.69) is 65.4 Å². The van der Waals surface area contributed by atoms with E-state index in [4.69, 9.17) is 5.11 Å². The fourth-order valence-corrected chi connectivity index (χ4v) is 2.07. The van der Waals surface area contributed by atoms with Crippen LogP contribution in [0, 0.1) is 0 Å². The first-order valence-corrected chi connectivity index (χ1v) is 6.46. The zero-order valence-electron chi connectivity index (χ0n) is 10.8. The number of fused-ring (bicyclic) bond motifs is 2. The van der Waals surface area contributed by atoms with E-state index in [0.717, 1.165) is 0 Å². The fraction of sp³-hybridized carbons (Fsp3) is 0.118. The lowest BCUT2D eigenvalue weighted by Crippen LogP contribution is -2.02. The van der Waals surface area contributed by atoms with Gasteiger partial charge in [0.2, 0.25) is 0 Å². The molecular weight excluding hydrogens is 252 g/mol. The average Bonchev–Trinajstić information content (AvgIpc) is 3.30. The Kier molecular flexibility index (Phi) is 3.35. The van der Waals surface area contributed by atoms with Gasteiger partial charge in [-0.05, 0) is 33.7 Å². The minimum Gasteiger partial charge on any atom is -0.479 e. The van der Waals surface area contributed by atoms with Gasteiger partial charge in [-0.3, -0.25) is 0 Å². The van der Waals surface area contributed by atoms with Crippen LogP contribution < -0.4 is 0 Å². The smallest absolute Gasteiger partial charge is 0.335 e. The van der Waals surface area contributed by atoms with Crippen LogP contribution in [0.15, 0.2) is 60.7 Å². The lowest BCUT2D eigenvalue weighted by molar-refractivity contribution is -0.138. The van der Waals surface area contributed by atoms with Crippen LogP contribution in [0.2, 0.25) is 0 Å². The molecule has 1 saturated heterocycles. The number of aliphatic carboxylic acids is 1. The molecule has 100 valence electrons. The van der Waals surface area contributed by atoms with Gasteiger partial charge in [-0.2, -0.15) is 0 Å². The van der Waals surface area contributed by atoms with Gasteiger partial charge in [-0.1, -0.05) is 48.5 Å². The highest BCUT2D eigenvalue weighted by molar-refractivity contribution is 5.98. The second-order valence-electron chi connectivity index (χ2n) is 4.71. The van der Waals surface area contributed by atoms with Gasteiger partial charge in [0.25, 0.3) is 0 Å². The molecule has 3 aromatic rings. The number of carboxylic acids is 1. The molecule has 3 aromatic carbocycles. The lowest BCUT2D eigenvalue weighted by atomic mass is 10.0. The van der Waals surface area contributed by atoms with Gasteiger partial charge in [0.1, 0.15) is 0 Å². The molecule has 3 nitrogen and oxygen atoms in total. The van der Waals surface area contributed by atoms with E-state index in [1.807, 2.05) is 0 Å². The standard InChI is InChI=1S/C14H10.C3H4O3/c1-2-6-12-10-14-8-4-3-7-13(14)9-11(12)5-1;4-3(5)2-1-6-2/h1-10H;2H,1H2,(H,4,5). The van der Waals surface area contributed by atoms with Gasteiger partial charge in [0.15, 0.2) is 6.10 Å². The van der Waals surface area contributed by atoms with Crippen molar-refractivity contribution >= 4 is 27.5 Å². The highest BCUT2D eigenvalue weighted by Crippen LogP contribution is 2.21. The first-order chi connectivity index (χ1) is 9.74. The van der Waals surface area contributed by atoms with Gasteiger partial charge in [0, 0.05) is 0 Å². The Hall–Kier alpha value is -2.39. The third-order valence-electron chi connectivity index (χ3n) is 3.22. The highest BCUT2D eigenvalue weighted by atomic mass is 16.6. The summed E-state index contributed by atoms with van der Waals surface area (Å²) in [5.41, 5.74) is 0. The zero-order chi connectivity index (χ0) is 13.9. The van der Waals surface area contributed by atoms with Crippen molar-refractivity contribution in [3.05, 3.63) is 60.7 Å². The molecule has 1 unspecified atom stereocenters. The second kappa shape index (κ2) is 5.31. The van der Waals surface area contributed by atoms with Crippen molar-refractivity contribution in [3.8, 4) is 0 Å². The monoisotopic (exact) mass is 266 g/mol. The van der Waals surface area contributed by atoms with Crippen LogP contribution in [0.4, 0.5) is 0 Å². The average molecular weight is 266 g/mol. The Balaban J connectivity index is 0.000000170. The van der Waals surface area contributed by atoms with Crippen LogP contribution in [0.1, 0.15) is 0 Å². The molecule has 0 spiro atoms. The van der Waals surface area contributed by atoms with Gasteiger partial charge < -0.3 is 9.84 Å². The van der Waals surface area contributed by atoms with E-state index in [1.165, 1.54) is 21.5 Å². The molecule has 20 heavy (non-hydrogen) atoms. The summed E-state index contributed by atoms with van der Waals surface area (Å²) in [5, 5.41) is 13.2. The van der Waals surface area contributed by atoms with Crippen LogP contribution >= 0.6 is 0 Å². The summed E-state index contributed by atoms with van der Waals surface area (Å²) in [6.45, 7) is 0.398. The largest absolute Gasteiger partial charge is 0.479 e. The van der Waals surface area contributed by atoms with Crippen LogP contribution in [0.5, 0.6) is 0 Å². The molecule has 0 saturated carbocycles. The molecule has 1 aliphatic heterocycles. The number of ether oxygens (including phenoxy) is 1. The molecular formula is C17H14O3. The summed E-state index contributed by atoms with van der Waals surface area (Å²) >= 11 is 0. The SMILES string of the molecule is O=C(O)C1CO1.c1ccc2cc3ccccc3cc2c1. The summed E-state index contributed by atoms with van der Waals surface area (Å²) in [5.74, 6) is -0.852. The molecule has 3 heteroatoms. The molecule has 0 aliphatic carbocycles. The first kappa shape index (κ1) is 12.6. The van der Waals surface area contributed by atoms with Crippen LogP contribution in [-0.2, 0) is 9.53 Å². The topological polar surface area (TPSA) is 49.8 Å². The minimum absolute atomic E-state index is 0.398. The summed E-state index contributed by atoms with van der Waals surface area (Å²) < 4.78 is 4.37. The minimum atomic E-state index is -0.852. The second-order valence-corrected chi connectivity index (χ2v) is 4.71. The Bertz CT molecular complexity index is 655. The fourth-order valence-electron chi connectivity index (χ4n) is 2.07. The van der Waals surface area contributed by atoms with Crippen molar-refractivity contribution in [2.75, 3.05) is 6.61 Å². The summed E-state index contributed by atoms with van der Waals surface area (Å²) in [4.78, 5) is 9.64. The number of epoxide rings is 1. The molecule has 1 atom stereocenters. The Morgan fingerprint density at radius 1 is 0.900 bits per heavy atom. The van der Waals surface area contributed by atoms with Gasteiger partial charge in [0.05, 0.1) is 6.61 Å². The van der Waals surface area contributed by atoms with Crippen LogP contribution in [-0.4, -0.2) is 23.8 Å². The molecule has 0 radical (unpaired) electrons. The highest BCUT2D eigenvalue weighted by Gasteiger charge is 2.30. The van der Waals surface area contributed by atoms with E-state index >= 15 is 0 Å². The zero-order valence-corrected chi connectivity index (χ0v) is 10.8. The number of benzene rings is 3. The van der Waals surface area contributed by atoms with Crippen LogP contribution in [0.25, 0.3) is 21.5 Å². The Morgan fingerprint density at radius 2 is 1.25 bits per heavy atom. The summed E-state index contributed by atoms with van der Waals surface area (Å²) in [7, 11) is 0. The lowest BCUT2D eigenvalue weighted by Gasteiger charge is -2.00. The summed E-state index contributed by atoms with van der Waals surface area (Å²) in [6.07, 6.45) is -0.481. The maximum absolute atomic E-state index is 9.64. The van der Waals surface area contributed by atoms with E-state index < -0.39 is 12.1 Å². The van der Waals surface area contributed by atoms with E-state index in [-0.39, 0.29) is 0 Å². The van der Waals surface area contributed by atoms with Gasteiger partial charge >= 0.3 is 5.97 Å². The van der Waals surface area contributed by atoms with Crippen molar-refractivity contribution < 1.29 is 14.6 Å². The number of carboxylic acid groups (broad SMARTS) is 1. The van der Waals surface area contributed by atoms with Gasteiger partial charge in [-0.25, -0.2) is 4.79 Å². The number of hydrogen-bond donors (Lipinski definition) is 1. The molecule has 0 aromatic heterocycles. The molecule has 1 N–H and O–H groups in total. The number of carbonyl (C=O) groups is 1. The third kappa shape index (κ3) is 2.78. The summed E-state index contributed by atoms with van der Waals surface area (Å²) in [6, 6.07) is 21.4. The van der Waals surface area contributed by atoms with Crippen LogP contribution in [0.3, 0.4) is 0 Å². The first-order valence-electron chi connectivity index (χ1n) is 6.46. The Labute approximate surface area is 116 Å². The predicted octanol–water partition coefficient (Wildman–Crippen LogP) is 3.46. The normalized spacial score (nSPS) is 16.5. The maximum atomic E-state index is 9.64. The quantitative estimate of drug-likeness (QED) is 0.542. The third-order valence-corrected chi connectivity index (χ3v) is 3.22. The maximum Gasteiger partial charge on any atom is 0.335 e. The molecule has 0 bridgehead atoms. The predicted molar refractivity (Wildman–Crippen MR) is 78.8 cm³/mol. The number of rotatable bonds is 1. The van der Waals surface area contributed by atoms with E-state index in [9.17, 15) is 4.79 Å². The van der Waals surface area contributed by atoms with Crippen molar-refractivity contribution in [2.24, 2.45) is 0 Å². The molecule has 1 heterocycles. The van der Waals surface area contributed by atoms with E-state index in [1.54, 1.807) is 0 Å². The number of hydrogen-bond acceptors (Lipinski definition) is 2. The molecule has 0 amide bonds. The van der Waals surface area contributed by atoms with Crippen molar-refractivity contribution in [3.63, 3.8) is 0 Å². The Morgan fingerprint density at radius 3 is 1.45 bits per heavy atom. The van der Waals surface area contributed by atoms with Crippen molar-refractivity contribution in [2.45, 2.75) is 6.10 Å². The van der Waals surface area contributed by atoms with Crippen molar-refractivity contribution in [1.82, 2.24) is 0 Å². The van der Waals surface area contributed by atoms with Crippen molar-refractivity contribution in [1.29, 1.82) is 0 Å². The van der Waals surface area contributed by atoms with Gasteiger partial charge in [-0.15, -0.1) is 0 Å². The molecule has 1 aliphatic rings. The molecule has 4 rings (SSSR count). The van der Waals surface area contributed by atoms with E-state index in [0.29, 0.717) is 6.61 Å². The molecule has 1 fully saturated rings.